The van der Waals surface area contributed by atoms with Crippen LogP contribution >= 0.6 is 11.6 Å². The topological polar surface area (TPSA) is 155 Å². The van der Waals surface area contributed by atoms with E-state index in [1.165, 1.54) is 27.4 Å². The van der Waals surface area contributed by atoms with Gasteiger partial charge in [-0.15, -0.1) is 0 Å². The molecule has 3 aliphatic rings. The lowest BCUT2D eigenvalue weighted by molar-refractivity contribution is -0.130. The first-order chi connectivity index (χ1) is 19.2. The third-order valence-corrected chi connectivity index (χ3v) is 8.16. The minimum Gasteiger partial charge on any atom is -0.497 e. The molecular weight excluding hydrogens is 540 g/mol. The second-order valence-corrected chi connectivity index (χ2v) is 10.2. The molecule has 3 heterocycles. The number of nitrogens with two attached hydrogens (primary N) is 1. The predicted molar refractivity (Wildman–Crippen MR) is 146 cm³/mol. The Morgan fingerprint density at radius 2 is 1.75 bits per heavy atom. The largest absolute Gasteiger partial charge is 0.497 e. The molecule has 3 atom stereocenters. The number of ketones is 2. The van der Waals surface area contributed by atoms with Crippen LogP contribution < -0.4 is 35.6 Å². The molecule has 206 valence electrons. The van der Waals surface area contributed by atoms with Gasteiger partial charge in [-0.2, -0.15) is 4.98 Å². The highest BCUT2D eigenvalue weighted by atomic mass is 35.5. The van der Waals surface area contributed by atoms with Gasteiger partial charge < -0.3 is 30.0 Å². The van der Waals surface area contributed by atoms with E-state index in [1.54, 1.807) is 31.2 Å². The molecule has 2 aliphatic heterocycles. The lowest BCUT2D eigenvalue weighted by Gasteiger charge is -2.42. The van der Waals surface area contributed by atoms with Gasteiger partial charge in [0.05, 0.1) is 26.9 Å². The molecule has 0 saturated carbocycles. The highest BCUT2D eigenvalue weighted by molar-refractivity contribution is 6.36. The van der Waals surface area contributed by atoms with Crippen molar-refractivity contribution in [3.05, 3.63) is 73.7 Å². The Morgan fingerprint density at radius 1 is 1.05 bits per heavy atom. The van der Waals surface area contributed by atoms with Crippen LogP contribution in [0.5, 0.6) is 23.0 Å². The second kappa shape index (κ2) is 9.02. The summed E-state index contributed by atoms with van der Waals surface area (Å²) in [6.07, 6.45) is 0.234. The van der Waals surface area contributed by atoms with Gasteiger partial charge in [0.25, 0.3) is 5.56 Å². The van der Waals surface area contributed by atoms with Crippen molar-refractivity contribution in [1.29, 1.82) is 0 Å². The number of ether oxygens (including phenoxy) is 4. The summed E-state index contributed by atoms with van der Waals surface area (Å²) < 4.78 is 22.4. The fourth-order valence-corrected chi connectivity index (χ4v) is 6.16. The third kappa shape index (κ3) is 3.37. The SMILES string of the molecule is COc1ccc(C2C3=C(C[C@@H](C)[C@]4(Oc5c(Cl)c(OC)cc(OC)c5C4=O)C3=O)Nc3nc(N)[nH]c(=O)c32)cc1. The molecule has 2 aromatic carbocycles. The molecule has 0 radical (unpaired) electrons. The Hall–Kier alpha value is -4.51. The van der Waals surface area contributed by atoms with Crippen LogP contribution in [0.1, 0.15) is 40.7 Å². The monoisotopic (exact) mass is 564 g/mol. The zero-order valence-corrected chi connectivity index (χ0v) is 22.8. The molecule has 1 aliphatic carbocycles. The molecule has 1 spiro atoms. The number of aromatic nitrogens is 2. The van der Waals surface area contributed by atoms with Crippen LogP contribution in [0.4, 0.5) is 11.8 Å². The number of carbonyl (C=O) groups is 2. The number of benzene rings is 2. The smallest absolute Gasteiger partial charge is 0.258 e. The molecule has 0 fully saturated rings. The number of methoxy groups -OCH3 is 3. The van der Waals surface area contributed by atoms with Gasteiger partial charge in [-0.1, -0.05) is 30.7 Å². The van der Waals surface area contributed by atoms with Gasteiger partial charge in [0.1, 0.15) is 33.7 Å². The third-order valence-electron chi connectivity index (χ3n) is 7.80. The van der Waals surface area contributed by atoms with Gasteiger partial charge in [0, 0.05) is 29.2 Å². The summed E-state index contributed by atoms with van der Waals surface area (Å²) in [5.74, 6) is -1.47. The lowest BCUT2D eigenvalue weighted by atomic mass is 9.66. The van der Waals surface area contributed by atoms with E-state index in [4.69, 9.17) is 36.3 Å². The van der Waals surface area contributed by atoms with Crippen molar-refractivity contribution in [2.24, 2.45) is 5.92 Å². The van der Waals surface area contributed by atoms with Gasteiger partial charge in [-0.25, -0.2) is 0 Å². The molecule has 11 nitrogen and oxygen atoms in total. The average Bonchev–Trinajstić information content (AvgIpc) is 3.25. The number of rotatable bonds is 4. The average molecular weight is 565 g/mol. The molecule has 0 bridgehead atoms. The van der Waals surface area contributed by atoms with Gasteiger partial charge >= 0.3 is 0 Å². The summed E-state index contributed by atoms with van der Waals surface area (Å²) in [6.45, 7) is 1.75. The molecule has 6 rings (SSSR count). The number of nitrogens with zero attached hydrogens (tertiary/aromatic N) is 1. The molecule has 40 heavy (non-hydrogen) atoms. The van der Waals surface area contributed by atoms with E-state index in [1.807, 2.05) is 0 Å². The number of nitrogen functional groups attached to an aromatic ring is 1. The zero-order chi connectivity index (χ0) is 28.5. The number of allylic oxidation sites excluding steroid dienone is 1. The summed E-state index contributed by atoms with van der Waals surface area (Å²) in [7, 11) is 4.37. The molecule has 1 unspecified atom stereocenters. The maximum Gasteiger partial charge on any atom is 0.258 e. The number of halogens is 1. The summed E-state index contributed by atoms with van der Waals surface area (Å²) in [4.78, 5) is 49.0. The Kier molecular flexibility index (Phi) is 5.81. The number of hydrogen-bond acceptors (Lipinski definition) is 10. The maximum absolute atomic E-state index is 14.7. The van der Waals surface area contributed by atoms with Crippen molar-refractivity contribution in [3.8, 4) is 23.0 Å². The molecule has 1 aromatic heterocycles. The Morgan fingerprint density at radius 3 is 2.40 bits per heavy atom. The minimum absolute atomic E-state index is 0.0181. The molecule has 3 aromatic rings. The zero-order valence-electron chi connectivity index (χ0n) is 22.0. The van der Waals surface area contributed by atoms with E-state index >= 15 is 0 Å². The van der Waals surface area contributed by atoms with E-state index in [9.17, 15) is 14.4 Å². The number of nitrogens with one attached hydrogen (secondary N) is 2. The van der Waals surface area contributed by atoms with Crippen molar-refractivity contribution in [2.75, 3.05) is 32.4 Å². The summed E-state index contributed by atoms with van der Waals surface area (Å²) in [5.41, 5.74) is 5.01. The normalized spacial score (nSPS) is 22.7. The highest BCUT2D eigenvalue weighted by Crippen LogP contribution is 2.56. The number of hydrogen-bond donors (Lipinski definition) is 3. The molecule has 0 amide bonds. The van der Waals surface area contributed by atoms with E-state index < -0.39 is 34.6 Å². The number of anilines is 2. The van der Waals surface area contributed by atoms with Crippen molar-refractivity contribution in [2.45, 2.75) is 24.9 Å². The Balaban J connectivity index is 1.57. The summed E-state index contributed by atoms with van der Waals surface area (Å²) >= 11 is 6.57. The highest BCUT2D eigenvalue weighted by Gasteiger charge is 2.63. The number of Topliss-reactive ketones (excluding diaryl/α,β-unsaturated/α-hetero) is 2. The number of aromatic amines is 1. The van der Waals surface area contributed by atoms with E-state index in [0.29, 0.717) is 17.0 Å². The van der Waals surface area contributed by atoms with Crippen LogP contribution in [0, 0.1) is 5.92 Å². The predicted octanol–water partition coefficient (Wildman–Crippen LogP) is 3.47. The van der Waals surface area contributed by atoms with Crippen molar-refractivity contribution in [3.63, 3.8) is 0 Å². The number of carbonyl (C=O) groups excluding carboxylic acids is 2. The quantitative estimate of drug-likeness (QED) is 0.401. The summed E-state index contributed by atoms with van der Waals surface area (Å²) in [6, 6.07) is 8.46. The van der Waals surface area contributed by atoms with Crippen LogP contribution in [0.3, 0.4) is 0 Å². The second-order valence-electron chi connectivity index (χ2n) is 9.84. The van der Waals surface area contributed by atoms with Crippen LogP contribution in [0.15, 0.2) is 46.4 Å². The first kappa shape index (κ1) is 25.8. The van der Waals surface area contributed by atoms with Crippen LogP contribution in [-0.4, -0.2) is 48.5 Å². The van der Waals surface area contributed by atoms with Gasteiger partial charge in [0.15, 0.2) is 5.75 Å². The van der Waals surface area contributed by atoms with Crippen LogP contribution in [0.25, 0.3) is 0 Å². The fourth-order valence-electron chi connectivity index (χ4n) is 5.90. The van der Waals surface area contributed by atoms with E-state index in [2.05, 4.69) is 15.3 Å². The van der Waals surface area contributed by atoms with Gasteiger partial charge in [-0.3, -0.25) is 19.4 Å². The molecular formula is C28H25ClN4O7. The fraction of sp³-hybridized carbons (Fsp3) is 0.286. The van der Waals surface area contributed by atoms with Crippen molar-refractivity contribution >= 4 is 34.9 Å². The summed E-state index contributed by atoms with van der Waals surface area (Å²) in [5, 5.41) is 3.20. The number of H-pyrrole nitrogens is 1. The first-order valence-corrected chi connectivity index (χ1v) is 12.8. The van der Waals surface area contributed by atoms with E-state index in [-0.39, 0.29) is 57.2 Å². The first-order valence-electron chi connectivity index (χ1n) is 12.4. The van der Waals surface area contributed by atoms with Gasteiger partial charge in [0.2, 0.25) is 23.1 Å². The molecule has 4 N–H and O–H groups in total. The minimum atomic E-state index is -1.94. The molecule has 12 heteroatoms. The molecule has 0 saturated heterocycles. The maximum atomic E-state index is 14.7. The van der Waals surface area contributed by atoms with Crippen molar-refractivity contribution in [1.82, 2.24) is 9.97 Å². The Bertz CT molecular complexity index is 1700. The van der Waals surface area contributed by atoms with Crippen molar-refractivity contribution < 1.29 is 28.5 Å². The lowest BCUT2D eigenvalue weighted by Crippen LogP contribution is -2.58. The van der Waals surface area contributed by atoms with E-state index in [0.717, 1.165) is 0 Å². The van der Waals surface area contributed by atoms with Crippen LogP contribution in [0.2, 0.25) is 5.02 Å². The standard InChI is InChI=1S/C28H25ClN4O7/c1-11-9-14-18(23(34)28(11)24(35)19-15(38-3)10-16(39-4)21(29)22(19)40-28)17(12-5-7-13(37-2)8-6-12)20-25(31-14)32-27(30)33-26(20)36/h5-8,10-11,17H,9H2,1-4H3,(H4,30,31,32,33,36)/t11-,17?,28+/m1/s1. The Labute approximate surface area is 233 Å². The number of fused-ring (bicyclic) bond motifs is 2. The van der Waals surface area contributed by atoms with Crippen LogP contribution in [-0.2, 0) is 4.79 Å². The van der Waals surface area contributed by atoms with Gasteiger partial charge in [-0.05, 0) is 24.1 Å².